The second kappa shape index (κ2) is 8.47. The summed E-state index contributed by atoms with van der Waals surface area (Å²) in [5.41, 5.74) is 6.58. The highest BCUT2D eigenvalue weighted by Gasteiger charge is 2.10. The van der Waals surface area contributed by atoms with Crippen molar-refractivity contribution in [1.29, 1.82) is 0 Å². The number of fused-ring (bicyclic) bond motifs is 1. The van der Waals surface area contributed by atoms with E-state index in [9.17, 15) is 0 Å². The summed E-state index contributed by atoms with van der Waals surface area (Å²) in [6.07, 6.45) is 1.67. The highest BCUT2D eigenvalue weighted by Crippen LogP contribution is 2.31. The fourth-order valence-corrected chi connectivity index (χ4v) is 3.00. The maximum atomic E-state index is 6.11. The molecule has 0 aliphatic rings. The van der Waals surface area contributed by atoms with Gasteiger partial charge in [-0.05, 0) is 50.1 Å². The number of halogens is 2. The van der Waals surface area contributed by atoms with Gasteiger partial charge in [0.25, 0.3) is 0 Å². The number of anilines is 1. The van der Waals surface area contributed by atoms with Crippen LogP contribution in [0.4, 0.5) is 5.82 Å². The lowest BCUT2D eigenvalue weighted by molar-refractivity contribution is 0.195. The van der Waals surface area contributed by atoms with Crippen molar-refractivity contribution >= 4 is 39.9 Å². The van der Waals surface area contributed by atoms with Crippen LogP contribution in [0, 0.1) is 0 Å². The smallest absolute Gasteiger partial charge is 0.146 e. The lowest BCUT2D eigenvalue weighted by Crippen LogP contribution is -2.13. The van der Waals surface area contributed by atoms with Gasteiger partial charge in [-0.25, -0.2) is 4.98 Å². The van der Waals surface area contributed by atoms with Crippen LogP contribution in [-0.4, -0.2) is 17.7 Å². The van der Waals surface area contributed by atoms with Gasteiger partial charge in [-0.15, -0.1) is 0 Å². The fraction of sp³-hybridized carbons (Fsp3) is 0.250. The number of nitrogen functional groups attached to an aromatic ring is 1. The van der Waals surface area contributed by atoms with E-state index < -0.39 is 0 Å². The Morgan fingerprint density at radius 3 is 2.65 bits per heavy atom. The van der Waals surface area contributed by atoms with Crippen LogP contribution in [0.5, 0.6) is 11.5 Å². The molecule has 0 radical (unpaired) electrons. The zero-order valence-electron chi connectivity index (χ0n) is 14.4. The number of pyridine rings is 1. The van der Waals surface area contributed by atoms with Crippen molar-refractivity contribution in [2.75, 3.05) is 12.3 Å². The molecule has 0 saturated carbocycles. The van der Waals surface area contributed by atoms with Crippen molar-refractivity contribution in [1.82, 2.24) is 4.98 Å². The van der Waals surface area contributed by atoms with Crippen molar-refractivity contribution in [2.45, 2.75) is 25.9 Å². The van der Waals surface area contributed by atoms with Gasteiger partial charge in [0, 0.05) is 5.39 Å². The largest absolute Gasteiger partial charge is 0.492 e. The lowest BCUT2D eigenvalue weighted by Gasteiger charge is -2.16. The minimum Gasteiger partial charge on any atom is -0.492 e. The van der Waals surface area contributed by atoms with E-state index in [4.69, 9.17) is 38.4 Å². The normalized spacial score (nSPS) is 12.1. The van der Waals surface area contributed by atoms with Crippen molar-refractivity contribution in [3.05, 3.63) is 58.6 Å². The minimum absolute atomic E-state index is 0.0160. The molecule has 3 aromatic rings. The Labute approximate surface area is 162 Å². The first kappa shape index (κ1) is 18.6. The second-order valence-corrected chi connectivity index (χ2v) is 6.82. The molecule has 1 aromatic heterocycles. The van der Waals surface area contributed by atoms with Crippen LogP contribution in [0.3, 0.4) is 0 Å². The van der Waals surface area contributed by atoms with E-state index in [2.05, 4.69) is 4.98 Å². The molecule has 1 atom stereocenters. The second-order valence-electron chi connectivity index (χ2n) is 6.04. The van der Waals surface area contributed by atoms with Crippen molar-refractivity contribution in [2.24, 2.45) is 0 Å². The van der Waals surface area contributed by atoms with Gasteiger partial charge in [-0.2, -0.15) is 0 Å². The molecule has 26 heavy (non-hydrogen) atoms. The van der Waals surface area contributed by atoms with Crippen LogP contribution in [0.25, 0.3) is 10.9 Å². The van der Waals surface area contributed by atoms with Crippen molar-refractivity contribution < 1.29 is 9.47 Å². The molecule has 3 rings (SSSR count). The predicted molar refractivity (Wildman–Crippen MR) is 107 cm³/mol. The number of benzene rings is 2. The van der Waals surface area contributed by atoms with Crippen LogP contribution in [0.15, 0.2) is 48.5 Å². The Hall–Kier alpha value is -2.17. The molecule has 0 bridgehead atoms. The number of rotatable bonds is 7. The Kier molecular flexibility index (Phi) is 6.07. The molecule has 0 saturated heterocycles. The molecule has 0 amide bonds. The van der Waals surface area contributed by atoms with Gasteiger partial charge < -0.3 is 15.2 Å². The van der Waals surface area contributed by atoms with Crippen molar-refractivity contribution in [3.8, 4) is 11.5 Å². The molecule has 0 aliphatic heterocycles. The number of ether oxygens (including phenoxy) is 2. The molecule has 0 aliphatic carbocycles. The molecule has 2 aromatic carbocycles. The van der Waals surface area contributed by atoms with E-state index in [0.29, 0.717) is 28.2 Å². The van der Waals surface area contributed by atoms with Gasteiger partial charge in [-0.1, -0.05) is 41.4 Å². The maximum Gasteiger partial charge on any atom is 0.146 e. The summed E-state index contributed by atoms with van der Waals surface area (Å²) in [5.74, 6) is 1.82. The molecule has 136 valence electrons. The first-order chi connectivity index (χ1) is 12.5. The molecule has 0 spiro atoms. The van der Waals surface area contributed by atoms with Crippen LogP contribution in [0.2, 0.25) is 10.0 Å². The van der Waals surface area contributed by atoms with E-state index in [1.54, 1.807) is 18.2 Å². The Bertz CT molecular complexity index is 902. The number of aromatic nitrogens is 1. The van der Waals surface area contributed by atoms with Gasteiger partial charge in [0.05, 0.1) is 17.7 Å². The van der Waals surface area contributed by atoms with Gasteiger partial charge in [-0.3, -0.25) is 0 Å². The number of nitrogens with two attached hydrogens (primary N) is 1. The van der Waals surface area contributed by atoms with Gasteiger partial charge in [0.1, 0.15) is 27.9 Å². The van der Waals surface area contributed by atoms with E-state index in [-0.39, 0.29) is 6.10 Å². The van der Waals surface area contributed by atoms with Gasteiger partial charge in [0.2, 0.25) is 0 Å². The van der Waals surface area contributed by atoms with Crippen LogP contribution in [-0.2, 0) is 0 Å². The standard InChI is InChI=1S/C20H20Cl2N2O2/c1-13(5-4-12-25-16-8-3-7-15(21)19(16)22)26-17-9-2-6-14-10-11-18(23)24-20(14)17/h2-3,6-11,13H,4-5,12H2,1H3,(H2,23,24). The summed E-state index contributed by atoms with van der Waals surface area (Å²) in [6.45, 7) is 2.56. The summed E-state index contributed by atoms with van der Waals surface area (Å²) >= 11 is 12.1. The average molecular weight is 391 g/mol. The third-order valence-corrected chi connectivity index (χ3v) is 4.76. The molecular weight excluding hydrogens is 371 g/mol. The SMILES string of the molecule is CC(CCCOc1cccc(Cl)c1Cl)Oc1cccc2ccc(N)nc12. The first-order valence-corrected chi connectivity index (χ1v) is 9.19. The van der Waals surface area contributed by atoms with E-state index in [0.717, 1.165) is 29.5 Å². The highest BCUT2D eigenvalue weighted by molar-refractivity contribution is 6.42. The number of hydrogen-bond acceptors (Lipinski definition) is 4. The van der Waals surface area contributed by atoms with Crippen LogP contribution >= 0.6 is 23.2 Å². The highest BCUT2D eigenvalue weighted by atomic mass is 35.5. The lowest BCUT2D eigenvalue weighted by atomic mass is 10.2. The summed E-state index contributed by atoms with van der Waals surface area (Å²) < 4.78 is 11.8. The van der Waals surface area contributed by atoms with Gasteiger partial charge >= 0.3 is 0 Å². The van der Waals surface area contributed by atoms with Crippen LogP contribution in [0.1, 0.15) is 19.8 Å². The number of nitrogens with zero attached hydrogens (tertiary/aromatic N) is 1. The predicted octanol–water partition coefficient (Wildman–Crippen LogP) is 5.75. The zero-order valence-corrected chi connectivity index (χ0v) is 15.9. The fourth-order valence-electron chi connectivity index (χ4n) is 2.65. The van der Waals surface area contributed by atoms with E-state index in [1.165, 1.54) is 0 Å². The Balaban J connectivity index is 1.54. The molecule has 4 nitrogen and oxygen atoms in total. The molecule has 1 unspecified atom stereocenters. The van der Waals surface area contributed by atoms with Crippen LogP contribution < -0.4 is 15.2 Å². The maximum absolute atomic E-state index is 6.11. The molecule has 6 heteroatoms. The Morgan fingerprint density at radius 1 is 1.04 bits per heavy atom. The molecule has 1 heterocycles. The third-order valence-electron chi connectivity index (χ3n) is 3.96. The molecular formula is C20H20Cl2N2O2. The summed E-state index contributed by atoms with van der Waals surface area (Å²) in [6, 6.07) is 14.9. The van der Waals surface area contributed by atoms with E-state index in [1.807, 2.05) is 37.3 Å². The zero-order chi connectivity index (χ0) is 18.5. The average Bonchev–Trinajstić information content (AvgIpc) is 2.62. The third kappa shape index (κ3) is 4.51. The molecule has 0 fully saturated rings. The molecule has 2 N–H and O–H groups in total. The number of hydrogen-bond donors (Lipinski definition) is 1. The van der Waals surface area contributed by atoms with Crippen molar-refractivity contribution in [3.63, 3.8) is 0 Å². The first-order valence-electron chi connectivity index (χ1n) is 8.43. The van der Waals surface area contributed by atoms with Gasteiger partial charge in [0.15, 0.2) is 0 Å². The quantitative estimate of drug-likeness (QED) is 0.521. The van der Waals surface area contributed by atoms with E-state index >= 15 is 0 Å². The summed E-state index contributed by atoms with van der Waals surface area (Å²) in [5, 5.41) is 1.93. The summed E-state index contributed by atoms with van der Waals surface area (Å²) in [4.78, 5) is 4.38. The topological polar surface area (TPSA) is 57.4 Å². The minimum atomic E-state index is 0.0160. The summed E-state index contributed by atoms with van der Waals surface area (Å²) in [7, 11) is 0. The monoisotopic (exact) mass is 390 g/mol. The Morgan fingerprint density at radius 2 is 1.81 bits per heavy atom. The number of para-hydroxylation sites is 1.